The molecule has 0 aromatic heterocycles. The van der Waals surface area contributed by atoms with Crippen LogP contribution in [0.25, 0.3) is 0 Å². The van der Waals surface area contributed by atoms with Gasteiger partial charge >= 0.3 is 5.97 Å². The Morgan fingerprint density at radius 3 is 2.62 bits per heavy atom. The van der Waals surface area contributed by atoms with Crippen LogP contribution >= 0.6 is 0 Å². The van der Waals surface area contributed by atoms with E-state index in [0.29, 0.717) is 6.54 Å². The number of aryl methyl sites for hydroxylation is 1. The number of β-amino-alcohol motifs (C(OH)–C–C–N with tert-alkyl or cyclic N) is 1. The molecular formula is C26H36N2O4. The van der Waals surface area contributed by atoms with Crippen molar-refractivity contribution in [2.45, 2.75) is 38.3 Å². The van der Waals surface area contributed by atoms with E-state index in [4.69, 9.17) is 9.47 Å². The van der Waals surface area contributed by atoms with Crippen LogP contribution in [0.3, 0.4) is 0 Å². The summed E-state index contributed by atoms with van der Waals surface area (Å²) in [6.07, 6.45) is 3.17. The minimum atomic E-state index is -0.565. The molecule has 0 bridgehead atoms. The number of rotatable bonds is 12. The fourth-order valence-electron chi connectivity index (χ4n) is 4.10. The Morgan fingerprint density at radius 1 is 1.12 bits per heavy atom. The number of nitrogens with one attached hydrogen (secondary N) is 1. The molecule has 2 aromatic carbocycles. The standard InChI is InChI=1S/C26H36N2O4/c1-31-26(30)23-12-15-28(16-13-23)19-24(29)20-32-25-11-5-9-22(17-25)18-27-14-6-10-21-7-3-2-4-8-21/h2-5,7-9,11,17,23-24,27,29H,6,10,12-16,18-20H2,1H3/t24-/m1/s1. The molecule has 0 saturated carbocycles. The summed E-state index contributed by atoms with van der Waals surface area (Å²) >= 11 is 0. The third-order valence-corrected chi connectivity index (χ3v) is 5.92. The molecule has 1 aliphatic rings. The van der Waals surface area contributed by atoms with Crippen LogP contribution in [0.15, 0.2) is 54.6 Å². The number of methoxy groups -OCH3 is 1. The van der Waals surface area contributed by atoms with Crippen LogP contribution in [0.5, 0.6) is 5.75 Å². The number of esters is 1. The SMILES string of the molecule is COC(=O)C1CCN(C[C@@H](O)COc2cccc(CNCCCc3ccccc3)c2)CC1. The first-order valence-electron chi connectivity index (χ1n) is 11.6. The Kier molecular flexibility index (Phi) is 10.0. The van der Waals surface area contributed by atoms with Crippen molar-refractivity contribution in [2.75, 3.05) is 39.9 Å². The molecule has 0 amide bonds. The second kappa shape index (κ2) is 13.2. The number of likely N-dealkylation sites (tertiary alicyclic amines) is 1. The Hall–Kier alpha value is -2.41. The molecule has 1 fully saturated rings. The molecule has 1 heterocycles. The summed E-state index contributed by atoms with van der Waals surface area (Å²) in [5.74, 6) is 0.635. The zero-order valence-corrected chi connectivity index (χ0v) is 19.0. The molecule has 2 aromatic rings. The van der Waals surface area contributed by atoms with Gasteiger partial charge in [-0.2, -0.15) is 0 Å². The molecule has 3 rings (SSSR count). The summed E-state index contributed by atoms with van der Waals surface area (Å²) in [7, 11) is 1.44. The molecule has 32 heavy (non-hydrogen) atoms. The van der Waals surface area contributed by atoms with Crippen LogP contribution in [-0.2, 0) is 22.5 Å². The summed E-state index contributed by atoms with van der Waals surface area (Å²) in [6.45, 7) is 4.15. The third kappa shape index (κ3) is 8.26. The Labute approximate surface area is 191 Å². The zero-order valence-electron chi connectivity index (χ0n) is 19.0. The Balaban J connectivity index is 1.31. The van der Waals surface area contributed by atoms with Gasteiger partial charge in [-0.3, -0.25) is 4.79 Å². The topological polar surface area (TPSA) is 71.0 Å². The largest absolute Gasteiger partial charge is 0.491 e. The number of benzene rings is 2. The van der Waals surface area contributed by atoms with E-state index in [2.05, 4.69) is 40.5 Å². The molecule has 1 saturated heterocycles. The van der Waals surface area contributed by atoms with Crippen LogP contribution < -0.4 is 10.1 Å². The molecule has 6 heteroatoms. The van der Waals surface area contributed by atoms with Crippen molar-refractivity contribution in [3.63, 3.8) is 0 Å². The molecule has 0 spiro atoms. The molecule has 0 aliphatic carbocycles. The second-order valence-corrected chi connectivity index (χ2v) is 8.48. The van der Waals surface area contributed by atoms with Gasteiger partial charge in [-0.1, -0.05) is 42.5 Å². The lowest BCUT2D eigenvalue weighted by molar-refractivity contribution is -0.147. The number of aliphatic hydroxyl groups excluding tert-OH is 1. The summed E-state index contributed by atoms with van der Waals surface area (Å²) < 4.78 is 10.7. The van der Waals surface area contributed by atoms with Crippen LogP contribution in [0.4, 0.5) is 0 Å². The van der Waals surface area contributed by atoms with E-state index in [-0.39, 0.29) is 18.5 Å². The van der Waals surface area contributed by atoms with E-state index < -0.39 is 6.10 Å². The van der Waals surface area contributed by atoms with Crippen LogP contribution in [0, 0.1) is 5.92 Å². The highest BCUT2D eigenvalue weighted by Gasteiger charge is 2.26. The highest BCUT2D eigenvalue weighted by molar-refractivity contribution is 5.72. The maximum absolute atomic E-state index is 11.6. The average molecular weight is 441 g/mol. The lowest BCUT2D eigenvalue weighted by Crippen LogP contribution is -2.42. The molecule has 0 radical (unpaired) electrons. The maximum Gasteiger partial charge on any atom is 0.308 e. The van der Waals surface area contributed by atoms with Gasteiger partial charge in [-0.25, -0.2) is 0 Å². The van der Waals surface area contributed by atoms with Gasteiger partial charge in [0.15, 0.2) is 0 Å². The third-order valence-electron chi connectivity index (χ3n) is 5.92. The Morgan fingerprint density at radius 2 is 1.88 bits per heavy atom. The second-order valence-electron chi connectivity index (χ2n) is 8.48. The van der Waals surface area contributed by atoms with Crippen molar-refractivity contribution in [3.8, 4) is 5.75 Å². The quantitative estimate of drug-likeness (QED) is 0.391. The van der Waals surface area contributed by atoms with Crippen LogP contribution in [-0.4, -0.2) is 62.0 Å². The van der Waals surface area contributed by atoms with Crippen molar-refractivity contribution in [1.82, 2.24) is 10.2 Å². The fourth-order valence-corrected chi connectivity index (χ4v) is 4.10. The normalized spacial score (nSPS) is 15.9. The molecule has 6 nitrogen and oxygen atoms in total. The number of nitrogens with zero attached hydrogens (tertiary/aromatic N) is 1. The molecule has 0 unspecified atom stereocenters. The molecule has 2 N–H and O–H groups in total. The lowest BCUT2D eigenvalue weighted by Gasteiger charge is -2.31. The van der Waals surface area contributed by atoms with Gasteiger partial charge < -0.3 is 24.8 Å². The highest BCUT2D eigenvalue weighted by Crippen LogP contribution is 2.19. The first kappa shape index (κ1) is 24.2. The Bertz CT molecular complexity index is 806. The van der Waals surface area contributed by atoms with Gasteiger partial charge in [-0.15, -0.1) is 0 Å². The van der Waals surface area contributed by atoms with Crippen molar-refractivity contribution >= 4 is 5.97 Å². The van der Waals surface area contributed by atoms with E-state index in [1.807, 2.05) is 24.3 Å². The van der Waals surface area contributed by atoms with E-state index in [1.165, 1.54) is 18.2 Å². The number of carbonyl (C=O) groups is 1. The van der Waals surface area contributed by atoms with Gasteiger partial charge in [0.1, 0.15) is 18.5 Å². The summed E-state index contributed by atoms with van der Waals surface area (Å²) in [5, 5.41) is 13.9. The highest BCUT2D eigenvalue weighted by atomic mass is 16.5. The minimum absolute atomic E-state index is 0.0145. The van der Waals surface area contributed by atoms with Gasteiger partial charge in [0, 0.05) is 13.1 Å². The maximum atomic E-state index is 11.6. The molecule has 174 valence electrons. The predicted octanol–water partition coefficient (Wildman–Crippen LogP) is 3.03. The van der Waals surface area contributed by atoms with Gasteiger partial charge in [0.25, 0.3) is 0 Å². The van der Waals surface area contributed by atoms with Crippen LogP contribution in [0.1, 0.15) is 30.4 Å². The van der Waals surface area contributed by atoms with E-state index >= 15 is 0 Å². The minimum Gasteiger partial charge on any atom is -0.491 e. The zero-order chi connectivity index (χ0) is 22.6. The number of piperidine rings is 1. The molecule has 1 aliphatic heterocycles. The molecular weight excluding hydrogens is 404 g/mol. The number of ether oxygens (including phenoxy) is 2. The van der Waals surface area contributed by atoms with Gasteiger partial charge in [0.05, 0.1) is 13.0 Å². The fraction of sp³-hybridized carbons (Fsp3) is 0.500. The summed E-state index contributed by atoms with van der Waals surface area (Å²) in [5.41, 5.74) is 2.54. The summed E-state index contributed by atoms with van der Waals surface area (Å²) in [4.78, 5) is 13.8. The van der Waals surface area contributed by atoms with Crippen molar-refractivity contribution in [2.24, 2.45) is 5.92 Å². The smallest absolute Gasteiger partial charge is 0.308 e. The lowest BCUT2D eigenvalue weighted by atomic mass is 9.97. The first-order valence-corrected chi connectivity index (χ1v) is 11.6. The van der Waals surface area contributed by atoms with Crippen molar-refractivity contribution in [1.29, 1.82) is 0 Å². The monoisotopic (exact) mass is 440 g/mol. The van der Waals surface area contributed by atoms with E-state index in [1.54, 1.807) is 0 Å². The van der Waals surface area contributed by atoms with E-state index in [0.717, 1.165) is 57.6 Å². The number of hydrogen-bond donors (Lipinski definition) is 2. The number of aliphatic hydroxyl groups is 1. The van der Waals surface area contributed by atoms with E-state index in [9.17, 15) is 9.90 Å². The number of carbonyl (C=O) groups excluding carboxylic acids is 1. The number of hydrogen-bond acceptors (Lipinski definition) is 6. The van der Waals surface area contributed by atoms with Crippen molar-refractivity contribution < 1.29 is 19.4 Å². The van der Waals surface area contributed by atoms with Gasteiger partial charge in [-0.05, 0) is 68.6 Å². The first-order chi connectivity index (χ1) is 15.6. The summed E-state index contributed by atoms with van der Waals surface area (Å²) in [6, 6.07) is 18.6. The molecule has 1 atom stereocenters. The van der Waals surface area contributed by atoms with Crippen molar-refractivity contribution in [3.05, 3.63) is 65.7 Å². The van der Waals surface area contributed by atoms with Gasteiger partial charge in [0.2, 0.25) is 0 Å². The van der Waals surface area contributed by atoms with Crippen LogP contribution in [0.2, 0.25) is 0 Å². The average Bonchev–Trinajstić information content (AvgIpc) is 2.83. The predicted molar refractivity (Wildman–Crippen MR) is 126 cm³/mol.